The number of hydrogen-bond acceptors (Lipinski definition) is 2. The van der Waals surface area contributed by atoms with Crippen molar-refractivity contribution < 1.29 is 9.53 Å². The second kappa shape index (κ2) is 4.10. The molecule has 0 saturated heterocycles. The van der Waals surface area contributed by atoms with Crippen LogP contribution in [0.3, 0.4) is 0 Å². The summed E-state index contributed by atoms with van der Waals surface area (Å²) in [5.74, 6) is -0.129. The van der Waals surface area contributed by atoms with Crippen LogP contribution in [0, 0.1) is 0 Å². The van der Waals surface area contributed by atoms with Gasteiger partial charge in [-0.25, -0.2) is 0 Å². The van der Waals surface area contributed by atoms with Gasteiger partial charge in [-0.2, -0.15) is 0 Å². The molecular formula is C13H15ClO2. The standard InChI is InChI=1S/C13H15ClO2/c1-3-16-12(15)13(2)7-6-9-8-10(14)4-5-11(9)13/h4-5,8H,3,6-7H2,1-2H3/t13-/m1/s1. The van der Waals surface area contributed by atoms with Gasteiger partial charge in [0.15, 0.2) is 0 Å². The van der Waals surface area contributed by atoms with Gasteiger partial charge in [-0.05, 0) is 49.9 Å². The molecule has 16 heavy (non-hydrogen) atoms. The molecule has 1 aromatic rings. The molecular weight excluding hydrogens is 224 g/mol. The van der Waals surface area contributed by atoms with Crippen molar-refractivity contribution in [3.63, 3.8) is 0 Å². The van der Waals surface area contributed by atoms with Gasteiger partial charge in [0.1, 0.15) is 0 Å². The monoisotopic (exact) mass is 238 g/mol. The molecule has 0 radical (unpaired) electrons. The summed E-state index contributed by atoms with van der Waals surface area (Å²) in [6, 6.07) is 5.73. The molecule has 0 heterocycles. The Bertz CT molecular complexity index is 428. The zero-order chi connectivity index (χ0) is 11.8. The van der Waals surface area contributed by atoms with E-state index < -0.39 is 5.41 Å². The third-order valence-electron chi connectivity index (χ3n) is 3.28. The lowest BCUT2D eigenvalue weighted by Gasteiger charge is -2.22. The number of rotatable bonds is 2. The van der Waals surface area contributed by atoms with Crippen LogP contribution >= 0.6 is 11.6 Å². The lowest BCUT2D eigenvalue weighted by molar-refractivity contribution is -0.149. The number of fused-ring (bicyclic) bond motifs is 1. The minimum Gasteiger partial charge on any atom is -0.465 e. The first-order valence-electron chi connectivity index (χ1n) is 5.54. The highest BCUT2D eigenvalue weighted by Crippen LogP contribution is 2.40. The molecule has 86 valence electrons. The zero-order valence-corrected chi connectivity index (χ0v) is 10.3. The van der Waals surface area contributed by atoms with E-state index in [0.717, 1.165) is 23.4 Å². The summed E-state index contributed by atoms with van der Waals surface area (Å²) in [4.78, 5) is 12.0. The van der Waals surface area contributed by atoms with Crippen molar-refractivity contribution in [1.29, 1.82) is 0 Å². The second-order valence-corrected chi connectivity index (χ2v) is 4.79. The lowest BCUT2D eigenvalue weighted by Crippen LogP contribution is -2.32. The van der Waals surface area contributed by atoms with Crippen LogP contribution in [0.1, 0.15) is 31.4 Å². The van der Waals surface area contributed by atoms with Gasteiger partial charge in [-0.3, -0.25) is 4.79 Å². The number of hydrogen-bond donors (Lipinski definition) is 0. The van der Waals surface area contributed by atoms with Crippen LogP contribution in [-0.4, -0.2) is 12.6 Å². The number of halogens is 1. The van der Waals surface area contributed by atoms with Crippen LogP contribution in [0.4, 0.5) is 0 Å². The number of carbonyl (C=O) groups excluding carboxylic acids is 1. The molecule has 0 bridgehead atoms. The Morgan fingerprint density at radius 1 is 1.56 bits per heavy atom. The Kier molecular flexibility index (Phi) is 2.94. The largest absolute Gasteiger partial charge is 0.465 e. The van der Waals surface area contributed by atoms with Crippen molar-refractivity contribution in [2.24, 2.45) is 0 Å². The van der Waals surface area contributed by atoms with Crippen LogP contribution in [0.2, 0.25) is 5.02 Å². The molecule has 2 nitrogen and oxygen atoms in total. The van der Waals surface area contributed by atoms with E-state index >= 15 is 0 Å². The third-order valence-corrected chi connectivity index (χ3v) is 3.52. The van der Waals surface area contributed by atoms with Gasteiger partial charge < -0.3 is 4.74 Å². The van der Waals surface area contributed by atoms with Crippen molar-refractivity contribution in [1.82, 2.24) is 0 Å². The maximum atomic E-state index is 12.0. The van der Waals surface area contributed by atoms with Gasteiger partial charge in [-0.1, -0.05) is 17.7 Å². The highest BCUT2D eigenvalue weighted by Gasteiger charge is 2.42. The van der Waals surface area contributed by atoms with Gasteiger partial charge in [0.25, 0.3) is 0 Å². The Hall–Kier alpha value is -1.02. The van der Waals surface area contributed by atoms with Gasteiger partial charge in [-0.15, -0.1) is 0 Å². The van der Waals surface area contributed by atoms with Crippen LogP contribution in [0.25, 0.3) is 0 Å². The van der Waals surface area contributed by atoms with E-state index in [1.807, 2.05) is 32.0 Å². The molecule has 1 aliphatic carbocycles. The molecule has 1 aromatic carbocycles. The maximum absolute atomic E-state index is 12.0. The molecule has 0 spiro atoms. The molecule has 2 rings (SSSR count). The Morgan fingerprint density at radius 2 is 2.31 bits per heavy atom. The Balaban J connectivity index is 2.38. The van der Waals surface area contributed by atoms with E-state index in [2.05, 4.69) is 0 Å². The number of ether oxygens (including phenoxy) is 1. The first-order valence-corrected chi connectivity index (χ1v) is 5.92. The minimum absolute atomic E-state index is 0.129. The fourth-order valence-corrected chi connectivity index (χ4v) is 2.52. The minimum atomic E-state index is -0.490. The molecule has 0 N–H and O–H groups in total. The van der Waals surface area contributed by atoms with Gasteiger partial charge in [0.05, 0.1) is 12.0 Å². The smallest absolute Gasteiger partial charge is 0.316 e. The molecule has 0 aliphatic heterocycles. The number of esters is 1. The van der Waals surface area contributed by atoms with Crippen molar-refractivity contribution in [3.05, 3.63) is 34.3 Å². The first kappa shape index (κ1) is 11.5. The summed E-state index contributed by atoms with van der Waals surface area (Å²) in [7, 11) is 0. The van der Waals surface area contributed by atoms with E-state index in [1.54, 1.807) is 0 Å². The van der Waals surface area contributed by atoms with Gasteiger partial charge in [0.2, 0.25) is 0 Å². The average molecular weight is 239 g/mol. The van der Waals surface area contributed by atoms with Gasteiger partial charge in [0, 0.05) is 5.02 Å². The normalized spacial score (nSPS) is 22.9. The van der Waals surface area contributed by atoms with E-state index in [9.17, 15) is 4.79 Å². The summed E-state index contributed by atoms with van der Waals surface area (Å²) in [6.45, 7) is 4.21. The van der Waals surface area contributed by atoms with E-state index in [-0.39, 0.29) is 5.97 Å². The van der Waals surface area contributed by atoms with Crippen molar-refractivity contribution >= 4 is 17.6 Å². The number of aryl methyl sites for hydroxylation is 1. The van der Waals surface area contributed by atoms with Gasteiger partial charge >= 0.3 is 5.97 Å². The predicted molar refractivity (Wildman–Crippen MR) is 63.8 cm³/mol. The summed E-state index contributed by atoms with van der Waals surface area (Å²) < 4.78 is 5.14. The lowest BCUT2D eigenvalue weighted by atomic mass is 9.84. The van der Waals surface area contributed by atoms with Crippen LogP contribution in [0.5, 0.6) is 0 Å². The van der Waals surface area contributed by atoms with E-state index in [0.29, 0.717) is 6.61 Å². The molecule has 1 atom stereocenters. The number of benzene rings is 1. The third kappa shape index (κ3) is 1.71. The van der Waals surface area contributed by atoms with E-state index in [1.165, 1.54) is 5.56 Å². The maximum Gasteiger partial charge on any atom is 0.316 e. The van der Waals surface area contributed by atoms with Crippen LogP contribution < -0.4 is 0 Å². The fourth-order valence-electron chi connectivity index (χ4n) is 2.33. The average Bonchev–Trinajstić information content (AvgIpc) is 2.58. The second-order valence-electron chi connectivity index (χ2n) is 4.35. The summed E-state index contributed by atoms with van der Waals surface area (Å²) in [6.07, 6.45) is 1.70. The zero-order valence-electron chi connectivity index (χ0n) is 9.55. The molecule has 0 saturated carbocycles. The fraction of sp³-hybridized carbons (Fsp3) is 0.462. The molecule has 3 heteroatoms. The SMILES string of the molecule is CCOC(=O)[C@]1(C)CCc2cc(Cl)ccc21. The van der Waals surface area contributed by atoms with E-state index in [4.69, 9.17) is 16.3 Å². The summed E-state index contributed by atoms with van der Waals surface area (Å²) >= 11 is 5.94. The summed E-state index contributed by atoms with van der Waals surface area (Å²) in [5, 5.41) is 0.729. The number of carbonyl (C=O) groups is 1. The molecule has 0 fully saturated rings. The molecule has 0 aromatic heterocycles. The van der Waals surface area contributed by atoms with Crippen LogP contribution in [-0.2, 0) is 21.4 Å². The molecule has 0 amide bonds. The highest BCUT2D eigenvalue weighted by atomic mass is 35.5. The topological polar surface area (TPSA) is 26.3 Å². The van der Waals surface area contributed by atoms with Crippen LogP contribution in [0.15, 0.2) is 18.2 Å². The summed E-state index contributed by atoms with van der Waals surface area (Å²) in [5.41, 5.74) is 1.74. The quantitative estimate of drug-likeness (QED) is 0.740. The Labute approximate surface area is 101 Å². The Morgan fingerprint density at radius 3 is 3.00 bits per heavy atom. The molecule has 1 aliphatic rings. The van der Waals surface area contributed by atoms with Crippen molar-refractivity contribution in [3.8, 4) is 0 Å². The van der Waals surface area contributed by atoms with Crippen molar-refractivity contribution in [2.75, 3.05) is 6.61 Å². The van der Waals surface area contributed by atoms with Crippen molar-refractivity contribution in [2.45, 2.75) is 32.1 Å². The predicted octanol–water partition coefficient (Wildman–Crippen LogP) is 3.11. The first-order chi connectivity index (χ1) is 7.58. The molecule has 0 unspecified atom stereocenters. The highest BCUT2D eigenvalue weighted by molar-refractivity contribution is 6.30.